The van der Waals surface area contributed by atoms with Crippen molar-refractivity contribution in [2.24, 2.45) is 5.73 Å². The highest BCUT2D eigenvalue weighted by molar-refractivity contribution is 5.62. The molecule has 0 aliphatic rings. The fourth-order valence-electron chi connectivity index (χ4n) is 1.26. The molecule has 0 atom stereocenters. The average Bonchev–Trinajstić information content (AvgIpc) is 2.18. The molecule has 0 saturated heterocycles. The predicted octanol–water partition coefficient (Wildman–Crippen LogP) is 0.990. The van der Waals surface area contributed by atoms with Crippen LogP contribution in [0.2, 0.25) is 0 Å². The number of benzene rings is 1. The van der Waals surface area contributed by atoms with Crippen molar-refractivity contribution in [1.82, 2.24) is 0 Å². The number of hydrogen-bond donors (Lipinski definition) is 1. The van der Waals surface area contributed by atoms with Crippen LogP contribution in [0.15, 0.2) is 24.3 Å². The third-order valence-corrected chi connectivity index (χ3v) is 1.95. The Labute approximate surface area is 82.3 Å². The summed E-state index contributed by atoms with van der Waals surface area (Å²) in [6.45, 7) is 1.08. The molecule has 0 fully saturated rings. The van der Waals surface area contributed by atoms with Gasteiger partial charge in [0.2, 0.25) is 0 Å². The summed E-state index contributed by atoms with van der Waals surface area (Å²) in [5, 5.41) is 10.7. The summed E-state index contributed by atoms with van der Waals surface area (Å²) in [4.78, 5) is 12.1. The molecule has 0 bridgehead atoms. The normalized spacial score (nSPS) is 9.86. The van der Waals surface area contributed by atoms with Gasteiger partial charge < -0.3 is 10.6 Å². The largest absolute Gasteiger partial charge is 0.368 e. The van der Waals surface area contributed by atoms with Gasteiger partial charge in [0.05, 0.1) is 4.92 Å². The smallest absolute Gasteiger partial charge is 0.292 e. The zero-order chi connectivity index (χ0) is 10.6. The van der Waals surface area contributed by atoms with E-state index in [0.29, 0.717) is 18.8 Å². The SMILES string of the molecule is CN(CCN)c1ccccc1[N+](=O)[O-]. The molecule has 0 radical (unpaired) electrons. The number of nitrogens with zero attached hydrogens (tertiary/aromatic N) is 2. The molecule has 0 aromatic heterocycles. The Bertz CT molecular complexity index is 328. The fraction of sp³-hybridized carbons (Fsp3) is 0.333. The quantitative estimate of drug-likeness (QED) is 0.574. The number of nitrogens with two attached hydrogens (primary N) is 1. The molecular formula is C9H13N3O2. The van der Waals surface area contributed by atoms with Crippen molar-refractivity contribution in [3.8, 4) is 0 Å². The molecule has 5 heteroatoms. The number of para-hydroxylation sites is 2. The number of nitro benzene ring substituents is 1. The summed E-state index contributed by atoms with van der Waals surface area (Å²) >= 11 is 0. The van der Waals surface area contributed by atoms with Gasteiger partial charge in [-0.05, 0) is 6.07 Å². The van der Waals surface area contributed by atoms with Crippen LogP contribution in [-0.2, 0) is 0 Å². The Morgan fingerprint density at radius 1 is 1.50 bits per heavy atom. The lowest BCUT2D eigenvalue weighted by atomic mass is 10.2. The van der Waals surface area contributed by atoms with Crippen molar-refractivity contribution < 1.29 is 4.92 Å². The molecule has 0 saturated carbocycles. The first-order valence-electron chi connectivity index (χ1n) is 4.31. The maximum absolute atomic E-state index is 10.7. The van der Waals surface area contributed by atoms with Crippen LogP contribution in [0.1, 0.15) is 0 Å². The third kappa shape index (κ3) is 2.20. The fourth-order valence-corrected chi connectivity index (χ4v) is 1.26. The molecule has 1 aromatic carbocycles. The van der Waals surface area contributed by atoms with E-state index in [-0.39, 0.29) is 10.6 Å². The van der Waals surface area contributed by atoms with Crippen LogP contribution in [0, 0.1) is 10.1 Å². The molecule has 0 aliphatic heterocycles. The van der Waals surface area contributed by atoms with Gasteiger partial charge in [-0.25, -0.2) is 0 Å². The monoisotopic (exact) mass is 195 g/mol. The number of nitro groups is 1. The molecule has 0 amide bonds. The number of hydrogen-bond acceptors (Lipinski definition) is 4. The zero-order valence-electron chi connectivity index (χ0n) is 8.01. The maximum Gasteiger partial charge on any atom is 0.292 e. The Morgan fingerprint density at radius 2 is 2.14 bits per heavy atom. The van der Waals surface area contributed by atoms with Crippen LogP contribution in [0.4, 0.5) is 11.4 Å². The molecule has 0 heterocycles. The molecule has 2 N–H and O–H groups in total. The molecule has 0 unspecified atom stereocenters. The Kier molecular flexibility index (Phi) is 3.41. The van der Waals surface area contributed by atoms with Gasteiger partial charge in [-0.3, -0.25) is 10.1 Å². The van der Waals surface area contributed by atoms with E-state index in [9.17, 15) is 10.1 Å². The minimum Gasteiger partial charge on any atom is -0.368 e. The van der Waals surface area contributed by atoms with Crippen LogP contribution in [-0.4, -0.2) is 25.1 Å². The summed E-state index contributed by atoms with van der Waals surface area (Å²) in [7, 11) is 1.79. The third-order valence-electron chi connectivity index (χ3n) is 1.95. The van der Waals surface area contributed by atoms with Gasteiger partial charge in [0.1, 0.15) is 5.69 Å². The van der Waals surface area contributed by atoms with Crippen molar-refractivity contribution in [3.63, 3.8) is 0 Å². The molecular weight excluding hydrogens is 182 g/mol. The van der Waals surface area contributed by atoms with E-state index >= 15 is 0 Å². The number of rotatable bonds is 4. The van der Waals surface area contributed by atoms with E-state index < -0.39 is 0 Å². The van der Waals surface area contributed by atoms with E-state index in [2.05, 4.69) is 0 Å². The molecule has 0 aliphatic carbocycles. The molecule has 5 nitrogen and oxygen atoms in total. The van der Waals surface area contributed by atoms with Gasteiger partial charge in [-0.2, -0.15) is 0 Å². The minimum absolute atomic E-state index is 0.114. The van der Waals surface area contributed by atoms with Crippen molar-refractivity contribution in [3.05, 3.63) is 34.4 Å². The summed E-state index contributed by atoms with van der Waals surface area (Å²) in [6.07, 6.45) is 0. The highest BCUT2D eigenvalue weighted by Crippen LogP contribution is 2.25. The second-order valence-corrected chi connectivity index (χ2v) is 2.96. The summed E-state index contributed by atoms with van der Waals surface area (Å²) in [5.41, 5.74) is 6.10. The van der Waals surface area contributed by atoms with Crippen LogP contribution in [0.3, 0.4) is 0 Å². The van der Waals surface area contributed by atoms with Crippen molar-refractivity contribution in [2.75, 3.05) is 25.0 Å². The highest BCUT2D eigenvalue weighted by atomic mass is 16.6. The summed E-state index contributed by atoms with van der Waals surface area (Å²) < 4.78 is 0. The second-order valence-electron chi connectivity index (χ2n) is 2.96. The molecule has 1 aromatic rings. The second kappa shape index (κ2) is 4.57. The van der Waals surface area contributed by atoms with Gasteiger partial charge >= 0.3 is 0 Å². The minimum atomic E-state index is -0.387. The van der Waals surface area contributed by atoms with Crippen molar-refractivity contribution >= 4 is 11.4 Å². The number of anilines is 1. The van der Waals surface area contributed by atoms with E-state index in [1.54, 1.807) is 30.1 Å². The lowest BCUT2D eigenvalue weighted by Crippen LogP contribution is -2.25. The Hall–Kier alpha value is -1.62. The lowest BCUT2D eigenvalue weighted by Gasteiger charge is -2.17. The Morgan fingerprint density at radius 3 is 2.71 bits per heavy atom. The zero-order valence-corrected chi connectivity index (χ0v) is 8.01. The molecule has 1 rings (SSSR count). The summed E-state index contributed by atoms with van der Waals surface area (Å²) in [6, 6.07) is 6.63. The topological polar surface area (TPSA) is 72.4 Å². The van der Waals surface area contributed by atoms with Crippen molar-refractivity contribution in [2.45, 2.75) is 0 Å². The van der Waals surface area contributed by atoms with Crippen molar-refractivity contribution in [1.29, 1.82) is 0 Å². The number of likely N-dealkylation sites (N-methyl/N-ethyl adjacent to an activating group) is 1. The van der Waals surface area contributed by atoms with Gasteiger partial charge in [-0.15, -0.1) is 0 Å². The predicted molar refractivity (Wildman–Crippen MR) is 55.4 cm³/mol. The lowest BCUT2D eigenvalue weighted by molar-refractivity contribution is -0.384. The van der Waals surface area contributed by atoms with E-state index in [4.69, 9.17) is 5.73 Å². The van der Waals surface area contributed by atoms with Crippen LogP contribution >= 0.6 is 0 Å². The highest BCUT2D eigenvalue weighted by Gasteiger charge is 2.14. The first-order valence-corrected chi connectivity index (χ1v) is 4.31. The molecule has 76 valence electrons. The maximum atomic E-state index is 10.7. The van der Waals surface area contributed by atoms with E-state index in [0.717, 1.165) is 0 Å². The van der Waals surface area contributed by atoms with Crippen LogP contribution in [0.25, 0.3) is 0 Å². The first-order chi connectivity index (χ1) is 6.66. The van der Waals surface area contributed by atoms with Gasteiger partial charge in [-0.1, -0.05) is 12.1 Å². The van der Waals surface area contributed by atoms with E-state index in [1.165, 1.54) is 6.07 Å². The average molecular weight is 195 g/mol. The van der Waals surface area contributed by atoms with Crippen LogP contribution in [0.5, 0.6) is 0 Å². The van der Waals surface area contributed by atoms with E-state index in [1.807, 2.05) is 0 Å². The summed E-state index contributed by atoms with van der Waals surface area (Å²) in [5.74, 6) is 0. The van der Waals surface area contributed by atoms with Gasteiger partial charge in [0, 0.05) is 26.2 Å². The standard InChI is InChI=1S/C9H13N3O2/c1-11(7-6-10)8-4-2-3-5-9(8)12(13)14/h2-5H,6-7,10H2,1H3. The Balaban J connectivity index is 3.00. The van der Waals surface area contributed by atoms with Gasteiger partial charge in [0.15, 0.2) is 0 Å². The first kappa shape index (κ1) is 10.5. The van der Waals surface area contributed by atoms with Gasteiger partial charge in [0.25, 0.3) is 5.69 Å². The molecule has 0 spiro atoms. The molecule has 14 heavy (non-hydrogen) atoms. The van der Waals surface area contributed by atoms with Crippen LogP contribution < -0.4 is 10.6 Å².